The Morgan fingerprint density at radius 3 is 2.74 bits per heavy atom. The largest absolute Gasteiger partial charge is 0.469 e. The van der Waals surface area contributed by atoms with Crippen molar-refractivity contribution in [1.82, 2.24) is 5.32 Å². The maximum atomic E-state index is 11.0. The number of carbonyl (C=O) groups excluding carboxylic acids is 1. The molecule has 0 bridgehead atoms. The summed E-state index contributed by atoms with van der Waals surface area (Å²) in [6, 6.07) is 6.86. The van der Waals surface area contributed by atoms with Gasteiger partial charge in [0.2, 0.25) is 0 Å². The first-order valence-electron chi connectivity index (χ1n) is 6.47. The van der Waals surface area contributed by atoms with E-state index in [1.807, 2.05) is 7.05 Å². The molecule has 0 saturated carbocycles. The minimum atomic E-state index is -0.139. The maximum Gasteiger partial charge on any atom is 0.306 e. The highest BCUT2D eigenvalue weighted by Crippen LogP contribution is 2.22. The highest BCUT2D eigenvalue weighted by Gasteiger charge is 2.12. The van der Waals surface area contributed by atoms with Crippen molar-refractivity contribution in [2.45, 2.75) is 26.3 Å². The predicted octanol–water partition coefficient (Wildman–Crippen LogP) is 2.86. The molecule has 0 heterocycles. The highest BCUT2D eigenvalue weighted by atomic mass is 32.2. The molecule has 0 saturated heterocycles. The first-order valence-corrected chi connectivity index (χ1v) is 7.63. The Balaban J connectivity index is 2.51. The van der Waals surface area contributed by atoms with E-state index in [1.165, 1.54) is 23.8 Å². The molecule has 0 aliphatic rings. The zero-order valence-electron chi connectivity index (χ0n) is 12.2. The summed E-state index contributed by atoms with van der Waals surface area (Å²) in [7, 11) is 3.41. The van der Waals surface area contributed by atoms with Crippen LogP contribution in [0, 0.1) is 13.8 Å². The van der Waals surface area contributed by atoms with E-state index < -0.39 is 0 Å². The van der Waals surface area contributed by atoms with E-state index in [9.17, 15) is 4.79 Å². The smallest absolute Gasteiger partial charge is 0.306 e. The van der Waals surface area contributed by atoms with Crippen molar-refractivity contribution in [2.24, 2.45) is 0 Å². The number of ether oxygens (including phenoxy) is 1. The fourth-order valence-corrected chi connectivity index (χ4v) is 3.06. The third kappa shape index (κ3) is 5.25. The van der Waals surface area contributed by atoms with E-state index in [2.05, 4.69) is 42.1 Å². The van der Waals surface area contributed by atoms with Gasteiger partial charge in [0.05, 0.1) is 13.5 Å². The SMILES string of the molecule is CNC(CSCCC(=O)OC)c1ccc(C)cc1C. The second-order valence-corrected chi connectivity index (χ2v) is 5.75. The van der Waals surface area contributed by atoms with Crippen LogP contribution in [0.5, 0.6) is 0 Å². The Hall–Kier alpha value is -1.00. The molecule has 0 aliphatic carbocycles. The van der Waals surface area contributed by atoms with Gasteiger partial charge < -0.3 is 10.1 Å². The van der Waals surface area contributed by atoms with Crippen LogP contribution in [0.1, 0.15) is 29.2 Å². The van der Waals surface area contributed by atoms with Crippen LogP contribution in [0.25, 0.3) is 0 Å². The first kappa shape index (κ1) is 16.1. The van der Waals surface area contributed by atoms with E-state index in [-0.39, 0.29) is 5.97 Å². The van der Waals surface area contributed by atoms with Crippen LogP contribution in [0.3, 0.4) is 0 Å². The molecule has 1 rings (SSSR count). The first-order chi connectivity index (χ1) is 9.08. The number of thioether (sulfide) groups is 1. The highest BCUT2D eigenvalue weighted by molar-refractivity contribution is 7.99. The summed E-state index contributed by atoms with van der Waals surface area (Å²) in [5.74, 6) is 1.62. The number of nitrogens with one attached hydrogen (secondary N) is 1. The van der Waals surface area contributed by atoms with Crippen LogP contribution in [0.15, 0.2) is 18.2 Å². The third-order valence-corrected chi connectivity index (χ3v) is 4.17. The van der Waals surface area contributed by atoms with Crippen molar-refractivity contribution in [3.8, 4) is 0 Å². The van der Waals surface area contributed by atoms with Crippen LogP contribution in [0.4, 0.5) is 0 Å². The minimum Gasteiger partial charge on any atom is -0.469 e. The van der Waals surface area contributed by atoms with E-state index in [0.717, 1.165) is 11.5 Å². The van der Waals surface area contributed by atoms with Crippen LogP contribution >= 0.6 is 11.8 Å². The Kier molecular flexibility index (Phi) is 6.95. The fourth-order valence-electron chi connectivity index (χ4n) is 2.00. The van der Waals surface area contributed by atoms with E-state index in [0.29, 0.717) is 12.5 Å². The molecule has 3 nitrogen and oxygen atoms in total. The molecular formula is C15H23NO2S. The predicted molar refractivity (Wildman–Crippen MR) is 81.7 cm³/mol. The summed E-state index contributed by atoms with van der Waals surface area (Å²) in [4.78, 5) is 11.0. The summed E-state index contributed by atoms with van der Waals surface area (Å²) in [5.41, 5.74) is 3.93. The molecule has 0 aromatic heterocycles. The van der Waals surface area contributed by atoms with Crippen LogP contribution in [-0.2, 0) is 9.53 Å². The summed E-state index contributed by atoms with van der Waals surface area (Å²) < 4.78 is 4.63. The normalized spacial score (nSPS) is 12.2. The van der Waals surface area contributed by atoms with Gasteiger partial charge in [0, 0.05) is 17.5 Å². The van der Waals surface area contributed by atoms with Crippen LogP contribution in [-0.4, -0.2) is 31.6 Å². The minimum absolute atomic E-state index is 0.139. The number of esters is 1. The van der Waals surface area contributed by atoms with Gasteiger partial charge >= 0.3 is 5.97 Å². The Morgan fingerprint density at radius 1 is 1.42 bits per heavy atom. The topological polar surface area (TPSA) is 38.3 Å². The van der Waals surface area contributed by atoms with E-state index in [4.69, 9.17) is 0 Å². The van der Waals surface area contributed by atoms with Crippen LogP contribution < -0.4 is 5.32 Å². The van der Waals surface area contributed by atoms with Gasteiger partial charge in [0.15, 0.2) is 0 Å². The number of methoxy groups -OCH3 is 1. The number of hydrogen-bond donors (Lipinski definition) is 1. The molecule has 1 unspecified atom stereocenters. The third-order valence-electron chi connectivity index (χ3n) is 3.11. The molecule has 0 radical (unpaired) electrons. The lowest BCUT2D eigenvalue weighted by molar-refractivity contribution is -0.140. The molecule has 19 heavy (non-hydrogen) atoms. The molecule has 106 valence electrons. The standard InChI is InChI=1S/C15H23NO2S/c1-11-5-6-13(12(2)9-11)14(16-3)10-19-8-7-15(17)18-4/h5-6,9,14,16H,7-8,10H2,1-4H3. The lowest BCUT2D eigenvalue weighted by Gasteiger charge is -2.19. The van der Waals surface area contributed by atoms with Crippen molar-refractivity contribution in [2.75, 3.05) is 25.7 Å². The van der Waals surface area contributed by atoms with Gasteiger partial charge in [-0.3, -0.25) is 4.79 Å². The molecule has 0 spiro atoms. The summed E-state index contributed by atoms with van der Waals surface area (Å²) in [5, 5.41) is 3.34. The van der Waals surface area contributed by atoms with Crippen molar-refractivity contribution < 1.29 is 9.53 Å². The molecule has 1 aromatic carbocycles. The summed E-state index contributed by atoms with van der Waals surface area (Å²) in [6.45, 7) is 4.25. The van der Waals surface area contributed by atoms with Gasteiger partial charge in [0.1, 0.15) is 0 Å². The number of hydrogen-bond acceptors (Lipinski definition) is 4. The van der Waals surface area contributed by atoms with Crippen molar-refractivity contribution >= 4 is 17.7 Å². The Bertz CT molecular complexity index is 421. The second kappa shape index (κ2) is 8.23. The average Bonchev–Trinajstić information content (AvgIpc) is 2.39. The fraction of sp³-hybridized carbons (Fsp3) is 0.533. The van der Waals surface area contributed by atoms with Gasteiger partial charge in [-0.05, 0) is 32.0 Å². The quantitative estimate of drug-likeness (QED) is 0.616. The van der Waals surface area contributed by atoms with Crippen molar-refractivity contribution in [3.63, 3.8) is 0 Å². The zero-order valence-corrected chi connectivity index (χ0v) is 13.0. The molecule has 0 fully saturated rings. The molecule has 0 amide bonds. The summed E-state index contributed by atoms with van der Waals surface area (Å²) in [6.07, 6.45) is 0.477. The maximum absolute atomic E-state index is 11.0. The van der Waals surface area contributed by atoms with E-state index in [1.54, 1.807) is 11.8 Å². The van der Waals surface area contributed by atoms with Gasteiger partial charge in [0.25, 0.3) is 0 Å². The average molecular weight is 281 g/mol. The Labute approximate surface area is 120 Å². The molecule has 1 atom stereocenters. The van der Waals surface area contributed by atoms with Crippen molar-refractivity contribution in [3.05, 3.63) is 34.9 Å². The monoisotopic (exact) mass is 281 g/mol. The van der Waals surface area contributed by atoms with Gasteiger partial charge in [-0.2, -0.15) is 11.8 Å². The summed E-state index contributed by atoms with van der Waals surface area (Å²) >= 11 is 1.77. The molecular weight excluding hydrogens is 258 g/mol. The number of benzene rings is 1. The van der Waals surface area contributed by atoms with Crippen molar-refractivity contribution in [1.29, 1.82) is 0 Å². The lowest BCUT2D eigenvalue weighted by atomic mass is 10.0. The molecule has 4 heteroatoms. The number of carbonyl (C=O) groups is 1. The van der Waals surface area contributed by atoms with Gasteiger partial charge in [-0.25, -0.2) is 0 Å². The number of rotatable bonds is 7. The lowest BCUT2D eigenvalue weighted by Crippen LogP contribution is -2.20. The van der Waals surface area contributed by atoms with Crippen LogP contribution in [0.2, 0.25) is 0 Å². The zero-order chi connectivity index (χ0) is 14.3. The molecule has 1 aromatic rings. The second-order valence-electron chi connectivity index (χ2n) is 4.60. The Morgan fingerprint density at radius 2 is 2.16 bits per heavy atom. The number of aryl methyl sites for hydroxylation is 2. The van der Waals surface area contributed by atoms with Gasteiger partial charge in [-0.1, -0.05) is 23.8 Å². The van der Waals surface area contributed by atoms with E-state index >= 15 is 0 Å². The molecule has 0 aliphatic heterocycles. The molecule has 1 N–H and O–H groups in total. The van der Waals surface area contributed by atoms with Gasteiger partial charge in [-0.15, -0.1) is 0 Å².